The highest BCUT2D eigenvalue weighted by atomic mass is 32.1. The molecule has 1 aromatic carbocycles. The first-order valence-corrected chi connectivity index (χ1v) is 8.67. The minimum atomic E-state index is -0.278. The van der Waals surface area contributed by atoms with Gasteiger partial charge in [0.05, 0.1) is 19.6 Å². The summed E-state index contributed by atoms with van der Waals surface area (Å²) in [5.41, 5.74) is 2.37. The summed E-state index contributed by atoms with van der Waals surface area (Å²) in [6, 6.07) is 12.5. The van der Waals surface area contributed by atoms with Gasteiger partial charge in [0, 0.05) is 11.4 Å². The van der Waals surface area contributed by atoms with Crippen molar-refractivity contribution >= 4 is 17.2 Å². The molecule has 4 rings (SSSR count). The Labute approximate surface area is 134 Å². The highest BCUT2D eigenvalue weighted by molar-refractivity contribution is 7.10. The van der Waals surface area contributed by atoms with E-state index >= 15 is 0 Å². The molecular weight excluding hydrogens is 294 g/mol. The predicted molar refractivity (Wildman–Crippen MR) is 87.0 cm³/mol. The van der Waals surface area contributed by atoms with Crippen molar-refractivity contribution in [3.05, 3.63) is 57.8 Å². The molecule has 1 spiro atoms. The van der Waals surface area contributed by atoms with Gasteiger partial charge in [0.2, 0.25) is 5.91 Å². The Balaban J connectivity index is 1.54. The first kappa shape index (κ1) is 14.0. The van der Waals surface area contributed by atoms with E-state index in [4.69, 9.17) is 4.74 Å². The topological polar surface area (TPSA) is 29.5 Å². The summed E-state index contributed by atoms with van der Waals surface area (Å²) < 4.78 is 6.18. The summed E-state index contributed by atoms with van der Waals surface area (Å²) >= 11 is 1.65. The molecule has 1 aromatic heterocycles. The number of nitrogens with zero attached hydrogens (tertiary/aromatic N) is 1. The number of carbonyl (C=O) groups is 1. The Bertz CT molecular complexity index is 678. The van der Waals surface area contributed by atoms with Crippen molar-refractivity contribution in [3.8, 4) is 0 Å². The van der Waals surface area contributed by atoms with E-state index in [0.717, 1.165) is 17.7 Å². The number of carbonyl (C=O) groups excluding carboxylic acids is 1. The number of amides is 1. The molecule has 2 aliphatic rings. The Morgan fingerprint density at radius 1 is 1.27 bits per heavy atom. The quantitative estimate of drug-likeness (QED) is 0.853. The van der Waals surface area contributed by atoms with Crippen LogP contribution in [0.2, 0.25) is 0 Å². The monoisotopic (exact) mass is 313 g/mol. The SMILES string of the molecule is O=C(Cc1cccs1)N1CCO[C@]2(CCc3ccccc32)C1. The van der Waals surface area contributed by atoms with Crippen LogP contribution in [0, 0.1) is 0 Å². The van der Waals surface area contributed by atoms with Crippen LogP contribution in [0.4, 0.5) is 0 Å². The van der Waals surface area contributed by atoms with Crippen LogP contribution in [0.5, 0.6) is 0 Å². The van der Waals surface area contributed by atoms with Crippen LogP contribution in [-0.2, 0) is 28.0 Å². The van der Waals surface area contributed by atoms with Gasteiger partial charge < -0.3 is 9.64 Å². The molecule has 0 bridgehead atoms. The second-order valence-electron chi connectivity index (χ2n) is 6.07. The molecular formula is C18H19NO2S. The van der Waals surface area contributed by atoms with Crippen LogP contribution in [0.15, 0.2) is 41.8 Å². The number of aryl methyl sites for hydroxylation is 1. The van der Waals surface area contributed by atoms with Crippen LogP contribution in [0.1, 0.15) is 22.4 Å². The Morgan fingerprint density at radius 3 is 3.05 bits per heavy atom. The summed E-state index contributed by atoms with van der Waals surface area (Å²) in [5.74, 6) is 0.217. The molecule has 0 saturated carbocycles. The van der Waals surface area contributed by atoms with E-state index in [2.05, 4.69) is 24.3 Å². The average molecular weight is 313 g/mol. The van der Waals surface area contributed by atoms with Crippen molar-refractivity contribution in [1.29, 1.82) is 0 Å². The van der Waals surface area contributed by atoms with Crippen molar-refractivity contribution in [3.63, 3.8) is 0 Å². The predicted octanol–water partition coefficient (Wildman–Crippen LogP) is 2.99. The van der Waals surface area contributed by atoms with Gasteiger partial charge in [-0.2, -0.15) is 0 Å². The standard InChI is InChI=1S/C18H19NO2S/c20-17(12-15-5-3-11-22-15)19-9-10-21-18(13-19)8-7-14-4-1-2-6-16(14)18/h1-6,11H,7-10,12-13H2/t18-/m1/s1. The minimum absolute atomic E-state index is 0.217. The molecule has 4 heteroatoms. The fraction of sp³-hybridized carbons (Fsp3) is 0.389. The lowest BCUT2D eigenvalue weighted by Crippen LogP contribution is -2.51. The van der Waals surface area contributed by atoms with Crippen LogP contribution in [0.25, 0.3) is 0 Å². The number of thiophene rings is 1. The van der Waals surface area contributed by atoms with E-state index in [9.17, 15) is 4.79 Å². The third-order valence-electron chi connectivity index (χ3n) is 4.75. The summed E-state index contributed by atoms with van der Waals surface area (Å²) in [4.78, 5) is 15.7. The van der Waals surface area contributed by atoms with Gasteiger partial charge in [0.15, 0.2) is 0 Å². The smallest absolute Gasteiger partial charge is 0.228 e. The lowest BCUT2D eigenvalue weighted by molar-refractivity contribution is -0.151. The molecule has 22 heavy (non-hydrogen) atoms. The second kappa shape index (κ2) is 5.52. The molecule has 2 aromatic rings. The number of fused-ring (bicyclic) bond motifs is 2. The summed E-state index contributed by atoms with van der Waals surface area (Å²) in [7, 11) is 0. The van der Waals surface area contributed by atoms with Crippen molar-refractivity contribution in [1.82, 2.24) is 4.90 Å². The van der Waals surface area contributed by atoms with E-state index in [1.807, 2.05) is 22.4 Å². The second-order valence-corrected chi connectivity index (χ2v) is 7.10. The van der Waals surface area contributed by atoms with Gasteiger partial charge in [-0.1, -0.05) is 30.3 Å². The number of hydrogen-bond acceptors (Lipinski definition) is 3. The number of hydrogen-bond donors (Lipinski definition) is 0. The van der Waals surface area contributed by atoms with E-state index < -0.39 is 0 Å². The van der Waals surface area contributed by atoms with E-state index in [1.54, 1.807) is 11.3 Å². The number of morpholine rings is 1. The maximum absolute atomic E-state index is 12.6. The molecule has 1 aliphatic carbocycles. The molecule has 1 fully saturated rings. The molecule has 1 amide bonds. The zero-order chi connectivity index (χ0) is 15.0. The molecule has 114 valence electrons. The molecule has 0 unspecified atom stereocenters. The summed E-state index contributed by atoms with van der Waals surface area (Å²) in [6.45, 7) is 2.02. The summed E-state index contributed by atoms with van der Waals surface area (Å²) in [5, 5.41) is 2.02. The summed E-state index contributed by atoms with van der Waals surface area (Å²) in [6.07, 6.45) is 2.54. The fourth-order valence-corrected chi connectivity index (χ4v) is 4.34. The van der Waals surface area contributed by atoms with Crippen molar-refractivity contribution < 1.29 is 9.53 Å². The number of benzene rings is 1. The average Bonchev–Trinajstić information content (AvgIpc) is 3.17. The van der Waals surface area contributed by atoms with Crippen LogP contribution in [0.3, 0.4) is 0 Å². The zero-order valence-corrected chi connectivity index (χ0v) is 13.3. The molecule has 0 N–H and O–H groups in total. The molecule has 3 nitrogen and oxygen atoms in total. The molecule has 1 atom stereocenters. The maximum atomic E-state index is 12.6. The zero-order valence-electron chi connectivity index (χ0n) is 12.5. The molecule has 1 saturated heterocycles. The fourth-order valence-electron chi connectivity index (χ4n) is 3.64. The van der Waals surface area contributed by atoms with Crippen LogP contribution >= 0.6 is 11.3 Å². The maximum Gasteiger partial charge on any atom is 0.228 e. The van der Waals surface area contributed by atoms with E-state index in [1.165, 1.54) is 11.1 Å². The Hall–Kier alpha value is -1.65. The van der Waals surface area contributed by atoms with Crippen LogP contribution in [-0.4, -0.2) is 30.5 Å². The van der Waals surface area contributed by atoms with Gasteiger partial charge >= 0.3 is 0 Å². The highest BCUT2D eigenvalue weighted by Gasteiger charge is 2.44. The van der Waals surface area contributed by atoms with E-state index in [0.29, 0.717) is 26.1 Å². The van der Waals surface area contributed by atoms with Gasteiger partial charge in [0.1, 0.15) is 5.60 Å². The van der Waals surface area contributed by atoms with Crippen molar-refractivity contribution in [2.45, 2.75) is 24.9 Å². The molecule has 1 aliphatic heterocycles. The molecule has 2 heterocycles. The van der Waals surface area contributed by atoms with E-state index in [-0.39, 0.29) is 11.5 Å². The van der Waals surface area contributed by atoms with Crippen molar-refractivity contribution in [2.24, 2.45) is 0 Å². The first-order chi connectivity index (χ1) is 10.8. The molecule has 0 radical (unpaired) electrons. The van der Waals surface area contributed by atoms with Gasteiger partial charge in [0.25, 0.3) is 0 Å². The Kier molecular flexibility index (Phi) is 3.51. The van der Waals surface area contributed by atoms with Gasteiger partial charge in [-0.25, -0.2) is 0 Å². The van der Waals surface area contributed by atoms with Gasteiger partial charge in [-0.3, -0.25) is 4.79 Å². The number of ether oxygens (including phenoxy) is 1. The third kappa shape index (κ3) is 2.36. The van der Waals surface area contributed by atoms with Gasteiger partial charge in [-0.15, -0.1) is 11.3 Å². The normalized spacial score (nSPS) is 23.7. The third-order valence-corrected chi connectivity index (χ3v) is 5.63. The lowest BCUT2D eigenvalue weighted by atomic mass is 9.93. The first-order valence-electron chi connectivity index (χ1n) is 7.79. The highest BCUT2D eigenvalue weighted by Crippen LogP contribution is 2.42. The number of rotatable bonds is 2. The largest absolute Gasteiger partial charge is 0.367 e. The van der Waals surface area contributed by atoms with Crippen LogP contribution < -0.4 is 0 Å². The lowest BCUT2D eigenvalue weighted by Gasteiger charge is -2.41. The Morgan fingerprint density at radius 2 is 2.18 bits per heavy atom. The van der Waals surface area contributed by atoms with Gasteiger partial charge in [-0.05, 0) is 35.4 Å². The van der Waals surface area contributed by atoms with Crippen molar-refractivity contribution in [2.75, 3.05) is 19.7 Å². The minimum Gasteiger partial charge on any atom is -0.367 e.